The van der Waals surface area contributed by atoms with Gasteiger partial charge in [-0.15, -0.1) is 0 Å². The Hall–Kier alpha value is -1.59. The van der Waals surface area contributed by atoms with E-state index in [0.29, 0.717) is 5.92 Å². The van der Waals surface area contributed by atoms with Gasteiger partial charge in [0.2, 0.25) is 0 Å². The van der Waals surface area contributed by atoms with Crippen LogP contribution in [0.5, 0.6) is 5.75 Å². The molecule has 0 N–H and O–H groups in total. The minimum Gasteiger partial charge on any atom is -0.484 e. The van der Waals surface area contributed by atoms with Crippen LogP contribution < -0.4 is 4.74 Å². The third-order valence-electron chi connectivity index (χ3n) is 5.19. The largest absolute Gasteiger partial charge is 0.484 e. The molecule has 2 aliphatic rings. The monoisotopic (exact) mass is 318 g/mol. The molecule has 23 heavy (non-hydrogen) atoms. The van der Waals surface area contributed by atoms with Crippen LogP contribution in [0.3, 0.4) is 0 Å². The van der Waals surface area contributed by atoms with E-state index in [9.17, 15) is 4.79 Å². The van der Waals surface area contributed by atoms with Gasteiger partial charge in [0.1, 0.15) is 5.75 Å². The Morgan fingerprint density at radius 3 is 2.83 bits per heavy atom. The summed E-state index contributed by atoms with van der Waals surface area (Å²) in [5.74, 6) is 1.33. The smallest absolute Gasteiger partial charge is 0.260 e. The summed E-state index contributed by atoms with van der Waals surface area (Å²) >= 11 is 0. The van der Waals surface area contributed by atoms with E-state index in [4.69, 9.17) is 9.47 Å². The Balaban J connectivity index is 1.57. The molecule has 1 spiro atoms. The van der Waals surface area contributed by atoms with Crippen LogP contribution in [0.4, 0.5) is 0 Å². The van der Waals surface area contributed by atoms with E-state index in [1.807, 2.05) is 35.2 Å². The Morgan fingerprint density at radius 2 is 2.09 bits per heavy atom. The van der Waals surface area contributed by atoms with Crippen LogP contribution in [-0.4, -0.2) is 69.3 Å². The fraction of sp³-hybridized carbons (Fsp3) is 0.611. The van der Waals surface area contributed by atoms with E-state index >= 15 is 0 Å². The summed E-state index contributed by atoms with van der Waals surface area (Å²) in [4.78, 5) is 16.8. The van der Waals surface area contributed by atoms with Gasteiger partial charge in [-0.1, -0.05) is 18.2 Å². The van der Waals surface area contributed by atoms with E-state index in [1.54, 1.807) is 7.11 Å². The van der Waals surface area contributed by atoms with E-state index in [-0.39, 0.29) is 17.9 Å². The van der Waals surface area contributed by atoms with Crippen molar-refractivity contribution >= 4 is 5.91 Å². The highest BCUT2D eigenvalue weighted by atomic mass is 16.5. The predicted octanol–water partition coefficient (Wildman–Crippen LogP) is 1.49. The van der Waals surface area contributed by atoms with Crippen LogP contribution >= 0.6 is 0 Å². The van der Waals surface area contributed by atoms with Crippen molar-refractivity contribution in [2.24, 2.45) is 11.3 Å². The van der Waals surface area contributed by atoms with Crippen molar-refractivity contribution in [1.82, 2.24) is 9.80 Å². The van der Waals surface area contributed by atoms with Crippen LogP contribution in [0, 0.1) is 11.3 Å². The molecule has 5 heteroatoms. The number of carbonyl (C=O) groups excluding carboxylic acids is 1. The Morgan fingerprint density at radius 1 is 1.30 bits per heavy atom. The zero-order valence-corrected chi connectivity index (χ0v) is 14.0. The van der Waals surface area contributed by atoms with Crippen LogP contribution in [0.1, 0.15) is 6.42 Å². The average Bonchev–Trinajstić information content (AvgIpc) is 3.11. The Labute approximate surface area is 138 Å². The van der Waals surface area contributed by atoms with Crippen LogP contribution in [0.15, 0.2) is 30.3 Å². The SMILES string of the molecule is COC[C@H]1CN(C)C[C@@]12CCN(C(=O)COc1ccccc1)C2. The maximum absolute atomic E-state index is 12.5. The minimum absolute atomic E-state index is 0.0800. The highest BCUT2D eigenvalue weighted by Gasteiger charge is 2.50. The fourth-order valence-electron chi connectivity index (χ4n) is 4.06. The molecule has 2 aliphatic heterocycles. The van der Waals surface area contributed by atoms with Crippen molar-refractivity contribution in [3.8, 4) is 5.75 Å². The van der Waals surface area contributed by atoms with Crippen molar-refractivity contribution < 1.29 is 14.3 Å². The topological polar surface area (TPSA) is 42.0 Å². The van der Waals surface area contributed by atoms with E-state index < -0.39 is 0 Å². The summed E-state index contributed by atoms with van der Waals surface area (Å²) in [5, 5.41) is 0. The van der Waals surface area contributed by atoms with Crippen LogP contribution in [0.2, 0.25) is 0 Å². The zero-order chi connectivity index (χ0) is 16.3. The number of para-hydroxylation sites is 1. The third kappa shape index (κ3) is 3.51. The summed E-state index contributed by atoms with van der Waals surface area (Å²) in [6.07, 6.45) is 1.06. The molecular formula is C18H26N2O3. The minimum atomic E-state index is 0.0800. The lowest BCUT2D eigenvalue weighted by molar-refractivity contribution is -0.132. The Kier molecular flexibility index (Phi) is 4.87. The molecule has 1 amide bonds. The molecule has 0 radical (unpaired) electrons. The first-order valence-corrected chi connectivity index (χ1v) is 8.26. The molecule has 0 unspecified atom stereocenters. The number of nitrogens with zero attached hydrogens (tertiary/aromatic N) is 2. The number of rotatable bonds is 5. The quantitative estimate of drug-likeness (QED) is 0.825. The van der Waals surface area contributed by atoms with Gasteiger partial charge in [-0.05, 0) is 25.6 Å². The van der Waals surface area contributed by atoms with Gasteiger partial charge in [0.15, 0.2) is 6.61 Å². The van der Waals surface area contributed by atoms with Crippen LogP contribution in [-0.2, 0) is 9.53 Å². The average molecular weight is 318 g/mol. The molecule has 2 saturated heterocycles. The molecule has 1 aromatic carbocycles. The standard InChI is InChI=1S/C18H26N2O3/c1-19-10-15(11-22-2)18(13-19)8-9-20(14-18)17(21)12-23-16-6-4-3-5-7-16/h3-7,15H,8-14H2,1-2H3/t15-,18-/m1/s1. The molecule has 2 atom stereocenters. The lowest BCUT2D eigenvalue weighted by Crippen LogP contribution is -2.39. The van der Waals surface area contributed by atoms with E-state index in [0.717, 1.165) is 45.0 Å². The molecule has 126 valence electrons. The van der Waals surface area contributed by atoms with E-state index in [2.05, 4.69) is 11.9 Å². The molecule has 2 heterocycles. The highest BCUT2D eigenvalue weighted by molar-refractivity contribution is 5.78. The molecule has 0 aliphatic carbocycles. The second-order valence-electron chi connectivity index (χ2n) is 6.88. The first-order chi connectivity index (χ1) is 11.1. The number of carbonyl (C=O) groups is 1. The summed E-state index contributed by atoms with van der Waals surface area (Å²) in [7, 11) is 3.91. The number of ether oxygens (including phenoxy) is 2. The molecule has 0 saturated carbocycles. The third-order valence-corrected chi connectivity index (χ3v) is 5.19. The molecule has 2 fully saturated rings. The first-order valence-electron chi connectivity index (χ1n) is 8.26. The summed E-state index contributed by atoms with van der Waals surface area (Å²) < 4.78 is 11.0. The molecule has 0 bridgehead atoms. The van der Waals surface area contributed by atoms with Gasteiger partial charge >= 0.3 is 0 Å². The molecule has 3 rings (SSSR count). The second-order valence-corrected chi connectivity index (χ2v) is 6.88. The Bertz CT molecular complexity index is 536. The number of methoxy groups -OCH3 is 1. The van der Waals surface area contributed by atoms with Gasteiger partial charge < -0.3 is 19.3 Å². The maximum Gasteiger partial charge on any atom is 0.260 e. The molecule has 0 aromatic heterocycles. The zero-order valence-electron chi connectivity index (χ0n) is 14.0. The van der Waals surface area contributed by atoms with Gasteiger partial charge in [-0.3, -0.25) is 4.79 Å². The lowest BCUT2D eigenvalue weighted by Gasteiger charge is -2.30. The summed E-state index contributed by atoms with van der Waals surface area (Å²) in [6, 6.07) is 9.51. The number of hydrogen-bond donors (Lipinski definition) is 0. The van der Waals surface area contributed by atoms with Gasteiger partial charge in [-0.25, -0.2) is 0 Å². The number of benzene rings is 1. The van der Waals surface area contributed by atoms with Crippen molar-refractivity contribution in [2.75, 3.05) is 53.6 Å². The fourth-order valence-corrected chi connectivity index (χ4v) is 4.06. The van der Waals surface area contributed by atoms with Gasteiger partial charge in [0.05, 0.1) is 6.61 Å². The van der Waals surface area contributed by atoms with Crippen molar-refractivity contribution in [2.45, 2.75) is 6.42 Å². The second kappa shape index (κ2) is 6.89. The van der Waals surface area contributed by atoms with E-state index in [1.165, 1.54) is 0 Å². The van der Waals surface area contributed by atoms with Gasteiger partial charge in [-0.2, -0.15) is 0 Å². The molecule has 5 nitrogen and oxygen atoms in total. The van der Waals surface area contributed by atoms with Gasteiger partial charge in [0, 0.05) is 44.6 Å². The molecular weight excluding hydrogens is 292 g/mol. The van der Waals surface area contributed by atoms with Crippen molar-refractivity contribution in [3.05, 3.63) is 30.3 Å². The lowest BCUT2D eigenvalue weighted by atomic mass is 9.78. The summed E-state index contributed by atoms with van der Waals surface area (Å²) in [6.45, 7) is 4.63. The normalized spacial score (nSPS) is 27.7. The maximum atomic E-state index is 12.5. The van der Waals surface area contributed by atoms with Crippen molar-refractivity contribution in [3.63, 3.8) is 0 Å². The highest BCUT2D eigenvalue weighted by Crippen LogP contribution is 2.43. The number of amides is 1. The van der Waals surface area contributed by atoms with Crippen LogP contribution in [0.25, 0.3) is 0 Å². The van der Waals surface area contributed by atoms with Crippen molar-refractivity contribution in [1.29, 1.82) is 0 Å². The molecule has 1 aromatic rings. The summed E-state index contributed by atoms with van der Waals surface area (Å²) in [5.41, 5.74) is 0.188. The van der Waals surface area contributed by atoms with Gasteiger partial charge in [0.25, 0.3) is 5.91 Å². The number of likely N-dealkylation sites (tertiary alicyclic amines) is 2. The predicted molar refractivity (Wildman–Crippen MR) is 88.4 cm³/mol. The first kappa shape index (κ1) is 16.3. The number of hydrogen-bond acceptors (Lipinski definition) is 4.